The third kappa shape index (κ3) is 8.65. The molecule has 6 rings (SSSR count). The van der Waals surface area contributed by atoms with E-state index >= 15 is 0 Å². The third-order valence-electron chi connectivity index (χ3n) is 10.9. The zero-order valence-corrected chi connectivity index (χ0v) is 30.1. The van der Waals surface area contributed by atoms with E-state index in [0.717, 1.165) is 17.5 Å². The number of aliphatic hydroxyl groups is 2. The number of Topliss-reactive ketones (excluding diaryl/α,β-unsaturated/α-hetero) is 1. The van der Waals surface area contributed by atoms with E-state index in [1.807, 2.05) is 48.5 Å². The van der Waals surface area contributed by atoms with Gasteiger partial charge in [0.2, 0.25) is 0 Å². The lowest BCUT2D eigenvalue weighted by Gasteiger charge is -2.46. The monoisotopic (exact) mass is 704 g/mol. The molecule has 0 aliphatic heterocycles. The highest BCUT2D eigenvalue weighted by atomic mass is 35.5. The first-order valence-corrected chi connectivity index (χ1v) is 18.1. The molecule has 3 aliphatic carbocycles. The van der Waals surface area contributed by atoms with Crippen molar-refractivity contribution in [3.63, 3.8) is 0 Å². The lowest BCUT2D eigenvalue weighted by atomic mass is 9.64. The minimum absolute atomic E-state index is 0.101. The summed E-state index contributed by atoms with van der Waals surface area (Å²) < 4.78 is 20.2. The van der Waals surface area contributed by atoms with Gasteiger partial charge in [-0.05, 0) is 106 Å². The first kappa shape index (κ1) is 37.7. The molecule has 7 nitrogen and oxygen atoms in total. The van der Waals surface area contributed by atoms with Crippen LogP contribution in [0.1, 0.15) is 91.8 Å². The zero-order valence-electron chi connectivity index (χ0n) is 29.4. The van der Waals surface area contributed by atoms with Gasteiger partial charge in [-0.25, -0.2) is 9.18 Å². The van der Waals surface area contributed by atoms with Crippen molar-refractivity contribution in [1.82, 2.24) is 4.90 Å². The van der Waals surface area contributed by atoms with E-state index in [2.05, 4.69) is 25.2 Å². The lowest BCUT2D eigenvalue weighted by Crippen LogP contribution is -2.54. The van der Waals surface area contributed by atoms with Crippen LogP contribution in [0.4, 0.5) is 14.9 Å². The Morgan fingerprint density at radius 3 is 2.60 bits per heavy atom. The molecule has 3 aliphatic rings. The molecule has 0 saturated heterocycles. The smallest absolute Gasteiger partial charge is 0.321 e. The van der Waals surface area contributed by atoms with Crippen LogP contribution in [0.5, 0.6) is 0 Å². The van der Waals surface area contributed by atoms with E-state index < -0.39 is 22.9 Å². The standard InChI is InChI=1S/C41H50ClFN2O5/c1-28-10-8-20-40(2)35(19-21-41(40,49)27-45(22-9-23-50-3)39(48)44-30-11-5-4-6-12-30)32-18-16-29(24-31(46)17-15-28)25-33(32)38(47)26-34-36(42)13-7-14-37(34)43/h4-7,10-14,16,18,25,31,35,46,49H,8-9,15,17,19-24,26-27H2,1-3H3,(H,44,48)/t31-,35-,40-,41+/m0/s1. The number of rotatable bonds is 10. The van der Waals surface area contributed by atoms with Gasteiger partial charge in [0.1, 0.15) is 5.82 Å². The highest BCUT2D eigenvalue weighted by Gasteiger charge is 2.57. The number of methoxy groups -OCH3 is 1. The van der Waals surface area contributed by atoms with E-state index in [0.29, 0.717) is 69.3 Å². The predicted molar refractivity (Wildman–Crippen MR) is 196 cm³/mol. The number of benzene rings is 3. The van der Waals surface area contributed by atoms with Crippen molar-refractivity contribution in [2.24, 2.45) is 5.41 Å². The van der Waals surface area contributed by atoms with Gasteiger partial charge in [0.25, 0.3) is 0 Å². The van der Waals surface area contributed by atoms with Crippen LogP contribution in [0.15, 0.2) is 78.4 Å². The second-order valence-electron chi connectivity index (χ2n) is 14.3. The molecule has 2 bridgehead atoms. The Morgan fingerprint density at radius 2 is 1.86 bits per heavy atom. The molecule has 1 saturated carbocycles. The number of ketones is 1. The Bertz CT molecular complexity index is 1660. The molecular weight excluding hydrogens is 655 g/mol. The molecular formula is C41H50ClFN2O5. The van der Waals surface area contributed by atoms with Gasteiger partial charge in [-0.3, -0.25) is 4.79 Å². The van der Waals surface area contributed by atoms with E-state index in [-0.39, 0.29) is 41.3 Å². The van der Waals surface area contributed by atoms with Crippen LogP contribution in [0.2, 0.25) is 5.02 Å². The molecule has 0 radical (unpaired) electrons. The van der Waals surface area contributed by atoms with Crippen LogP contribution >= 0.6 is 11.6 Å². The van der Waals surface area contributed by atoms with Gasteiger partial charge in [0, 0.05) is 53.9 Å². The van der Waals surface area contributed by atoms with Crippen LogP contribution in [-0.4, -0.2) is 65.4 Å². The molecule has 0 heterocycles. The number of nitrogens with one attached hydrogen (secondary N) is 1. The minimum Gasteiger partial charge on any atom is -0.393 e. The summed E-state index contributed by atoms with van der Waals surface area (Å²) in [5.74, 6) is -1.05. The Hall–Kier alpha value is -3.56. The van der Waals surface area contributed by atoms with Crippen LogP contribution in [-0.2, 0) is 17.6 Å². The molecule has 268 valence electrons. The van der Waals surface area contributed by atoms with Crippen molar-refractivity contribution in [1.29, 1.82) is 0 Å². The maximum atomic E-state index is 14.9. The summed E-state index contributed by atoms with van der Waals surface area (Å²) in [6, 6.07) is 19.1. The fourth-order valence-corrected chi connectivity index (χ4v) is 8.12. The molecule has 2 amide bonds. The number of halogens is 2. The van der Waals surface area contributed by atoms with Crippen LogP contribution < -0.4 is 5.32 Å². The van der Waals surface area contributed by atoms with Gasteiger partial charge in [0.15, 0.2) is 5.78 Å². The molecule has 0 aromatic heterocycles. The highest BCUT2D eigenvalue weighted by molar-refractivity contribution is 6.31. The summed E-state index contributed by atoms with van der Waals surface area (Å²) in [5, 5.41) is 26.9. The topological polar surface area (TPSA) is 99.1 Å². The summed E-state index contributed by atoms with van der Waals surface area (Å²) in [6.07, 6.45) is 5.98. The maximum absolute atomic E-state index is 14.9. The van der Waals surface area contributed by atoms with Gasteiger partial charge in [-0.15, -0.1) is 0 Å². The fraction of sp³-hybridized carbons (Fsp3) is 0.463. The number of hydrogen-bond donors (Lipinski definition) is 3. The number of carbonyl (C=O) groups is 2. The number of hydrogen-bond acceptors (Lipinski definition) is 5. The number of aliphatic hydroxyl groups excluding tert-OH is 1. The number of ether oxygens (including phenoxy) is 1. The van der Waals surface area contributed by atoms with E-state index in [4.69, 9.17) is 16.3 Å². The van der Waals surface area contributed by atoms with Gasteiger partial charge in [0.05, 0.1) is 18.2 Å². The molecule has 3 aromatic rings. The molecule has 0 spiro atoms. The number of anilines is 1. The van der Waals surface area contributed by atoms with Gasteiger partial charge < -0.3 is 25.2 Å². The maximum Gasteiger partial charge on any atom is 0.321 e. The summed E-state index contributed by atoms with van der Waals surface area (Å²) in [4.78, 5) is 29.6. The highest BCUT2D eigenvalue weighted by Crippen LogP contribution is 2.59. The van der Waals surface area contributed by atoms with Crippen molar-refractivity contribution in [3.05, 3.63) is 111 Å². The summed E-state index contributed by atoms with van der Waals surface area (Å²) >= 11 is 6.37. The van der Waals surface area contributed by atoms with E-state index in [9.17, 15) is 24.2 Å². The molecule has 0 unspecified atom stereocenters. The Morgan fingerprint density at radius 1 is 1.08 bits per heavy atom. The summed E-state index contributed by atoms with van der Waals surface area (Å²) in [6.45, 7) is 5.11. The fourth-order valence-electron chi connectivity index (χ4n) is 7.89. The zero-order chi connectivity index (χ0) is 35.9. The van der Waals surface area contributed by atoms with Crippen molar-refractivity contribution in [2.75, 3.05) is 32.1 Å². The number of para-hydroxylation sites is 1. The quantitative estimate of drug-likeness (QED) is 0.112. The second-order valence-corrected chi connectivity index (χ2v) is 14.7. The normalized spacial score (nSPS) is 23.9. The van der Waals surface area contributed by atoms with E-state index in [1.54, 1.807) is 18.1 Å². The van der Waals surface area contributed by atoms with Crippen molar-refractivity contribution in [3.8, 4) is 0 Å². The van der Waals surface area contributed by atoms with Crippen LogP contribution in [0, 0.1) is 11.2 Å². The molecule has 50 heavy (non-hydrogen) atoms. The number of fused-ring (bicyclic) bond motifs is 8. The minimum atomic E-state index is -1.29. The number of allylic oxidation sites excluding steroid dienone is 2. The first-order chi connectivity index (χ1) is 23.9. The Labute approximate surface area is 300 Å². The molecule has 1 fully saturated rings. The average Bonchev–Trinajstić information content (AvgIpc) is 3.34. The largest absolute Gasteiger partial charge is 0.393 e. The van der Waals surface area contributed by atoms with Crippen molar-refractivity contribution >= 4 is 29.1 Å². The van der Waals surface area contributed by atoms with Gasteiger partial charge >= 0.3 is 6.03 Å². The number of carbonyl (C=O) groups excluding carboxylic acids is 2. The average molecular weight is 705 g/mol. The predicted octanol–water partition coefficient (Wildman–Crippen LogP) is 8.51. The third-order valence-corrected chi connectivity index (χ3v) is 11.3. The van der Waals surface area contributed by atoms with Gasteiger partial charge in [-0.1, -0.05) is 66.6 Å². The van der Waals surface area contributed by atoms with Crippen molar-refractivity contribution in [2.45, 2.75) is 89.3 Å². The Balaban J connectivity index is 1.55. The van der Waals surface area contributed by atoms with Crippen molar-refractivity contribution < 1.29 is 28.9 Å². The summed E-state index contributed by atoms with van der Waals surface area (Å²) in [5.41, 5.74) is 2.02. The molecule has 3 N–H and O–H groups in total. The van der Waals surface area contributed by atoms with E-state index in [1.165, 1.54) is 17.7 Å². The number of nitrogens with zero attached hydrogens (tertiary/aromatic N) is 1. The lowest BCUT2D eigenvalue weighted by molar-refractivity contribution is -0.0767. The molecule has 9 heteroatoms. The van der Waals surface area contributed by atoms with Crippen LogP contribution in [0.25, 0.3) is 0 Å². The number of amides is 2. The first-order valence-electron chi connectivity index (χ1n) is 17.7. The second kappa shape index (κ2) is 16.6. The molecule has 3 aromatic carbocycles. The van der Waals surface area contributed by atoms with Gasteiger partial charge in [-0.2, -0.15) is 0 Å². The Kier molecular flexibility index (Phi) is 12.5. The summed E-state index contributed by atoms with van der Waals surface area (Å²) in [7, 11) is 1.63. The van der Waals surface area contributed by atoms with Crippen LogP contribution in [0.3, 0.4) is 0 Å². The SMILES string of the molecule is COCCCN(C[C@]1(O)CC[C@H]2c3ccc(cc3C(=O)Cc3c(F)cccc3Cl)C[C@@H](O)CCC(C)=CCC[C@@]21C)C(=O)Nc1ccccc1. The number of urea groups is 1. The molecule has 4 atom stereocenters.